The molecule has 1 N–H and O–H groups in total. The molecule has 112 valence electrons. The van der Waals surface area contributed by atoms with Crippen molar-refractivity contribution in [2.75, 3.05) is 13.4 Å². The average Bonchev–Trinajstić information content (AvgIpc) is 3.24. The van der Waals surface area contributed by atoms with Gasteiger partial charge in [-0.15, -0.1) is 0 Å². The molecule has 0 saturated heterocycles. The van der Waals surface area contributed by atoms with Crippen molar-refractivity contribution in [3.8, 4) is 5.75 Å². The fraction of sp³-hybridized carbons (Fsp3) is 0.500. The number of carbonyl (C=O) groups is 1. The third kappa shape index (κ3) is 2.63. The SMILES string of the molecule is CCCOCOC(=O)c1c(F)ccc2c1OB(O)C1CC21. The Kier molecular flexibility index (Phi) is 3.86. The predicted molar refractivity (Wildman–Crippen MR) is 72.6 cm³/mol. The lowest BCUT2D eigenvalue weighted by molar-refractivity contribution is -0.0316. The number of hydrogen-bond donors (Lipinski definition) is 1. The molecular weight excluding hydrogens is 278 g/mol. The fourth-order valence-corrected chi connectivity index (χ4v) is 2.65. The van der Waals surface area contributed by atoms with Gasteiger partial charge in [0.25, 0.3) is 0 Å². The molecule has 0 amide bonds. The number of fused-ring (bicyclic) bond motifs is 3. The molecule has 0 spiro atoms. The minimum Gasteiger partial charge on any atom is -0.535 e. The molecule has 2 aliphatic rings. The molecule has 1 heterocycles. The van der Waals surface area contributed by atoms with Crippen LogP contribution in [0.1, 0.15) is 41.6 Å². The van der Waals surface area contributed by atoms with Gasteiger partial charge in [-0.25, -0.2) is 9.18 Å². The summed E-state index contributed by atoms with van der Waals surface area (Å²) >= 11 is 0. The first-order valence-electron chi connectivity index (χ1n) is 7.05. The Labute approximate surface area is 122 Å². The zero-order valence-electron chi connectivity index (χ0n) is 11.7. The van der Waals surface area contributed by atoms with Crippen molar-refractivity contribution < 1.29 is 28.3 Å². The molecule has 0 bridgehead atoms. The van der Waals surface area contributed by atoms with Crippen molar-refractivity contribution in [2.24, 2.45) is 0 Å². The average molecular weight is 294 g/mol. The summed E-state index contributed by atoms with van der Waals surface area (Å²) in [5, 5.41) is 9.79. The van der Waals surface area contributed by atoms with Crippen LogP contribution in [-0.2, 0) is 9.47 Å². The van der Waals surface area contributed by atoms with E-state index in [0.29, 0.717) is 6.61 Å². The number of halogens is 1. The van der Waals surface area contributed by atoms with Crippen molar-refractivity contribution in [1.82, 2.24) is 0 Å². The van der Waals surface area contributed by atoms with Crippen LogP contribution in [0.5, 0.6) is 5.75 Å². The first kappa shape index (κ1) is 14.3. The molecule has 3 rings (SSSR count). The minimum atomic E-state index is -0.993. The van der Waals surface area contributed by atoms with Crippen LogP contribution in [0, 0.1) is 5.82 Å². The third-order valence-corrected chi connectivity index (χ3v) is 3.81. The number of carbonyl (C=O) groups excluding carboxylic acids is 1. The number of hydrogen-bond acceptors (Lipinski definition) is 5. The van der Waals surface area contributed by atoms with Crippen LogP contribution in [0.2, 0.25) is 5.82 Å². The van der Waals surface area contributed by atoms with Crippen LogP contribution < -0.4 is 4.65 Å². The van der Waals surface area contributed by atoms with Gasteiger partial charge in [-0.2, -0.15) is 0 Å². The van der Waals surface area contributed by atoms with E-state index in [0.717, 1.165) is 18.4 Å². The van der Waals surface area contributed by atoms with Gasteiger partial charge in [-0.3, -0.25) is 0 Å². The molecule has 1 aromatic carbocycles. The third-order valence-electron chi connectivity index (χ3n) is 3.81. The lowest BCUT2D eigenvalue weighted by Gasteiger charge is -2.21. The molecule has 5 nitrogen and oxygen atoms in total. The second kappa shape index (κ2) is 5.65. The Morgan fingerprint density at radius 3 is 3.14 bits per heavy atom. The lowest BCUT2D eigenvalue weighted by atomic mass is 9.77. The van der Waals surface area contributed by atoms with E-state index < -0.39 is 18.9 Å². The quantitative estimate of drug-likeness (QED) is 0.390. The molecule has 1 aromatic rings. The maximum absolute atomic E-state index is 14.0. The number of ether oxygens (including phenoxy) is 2. The van der Waals surface area contributed by atoms with Gasteiger partial charge in [0.05, 0.1) is 6.61 Å². The second-order valence-electron chi connectivity index (χ2n) is 5.31. The van der Waals surface area contributed by atoms with E-state index >= 15 is 0 Å². The molecule has 1 fully saturated rings. The molecule has 1 saturated carbocycles. The highest BCUT2D eigenvalue weighted by Crippen LogP contribution is 2.60. The van der Waals surface area contributed by atoms with Crippen LogP contribution in [0.3, 0.4) is 0 Å². The van der Waals surface area contributed by atoms with Crippen molar-refractivity contribution in [1.29, 1.82) is 0 Å². The first-order chi connectivity index (χ1) is 10.1. The molecule has 0 radical (unpaired) electrons. The van der Waals surface area contributed by atoms with Crippen molar-refractivity contribution in [3.05, 3.63) is 29.1 Å². The summed E-state index contributed by atoms with van der Waals surface area (Å²) in [5.41, 5.74) is 0.491. The highest BCUT2D eigenvalue weighted by atomic mass is 19.1. The Hall–Kier alpha value is -1.60. The van der Waals surface area contributed by atoms with E-state index in [1.807, 2.05) is 6.92 Å². The van der Waals surface area contributed by atoms with Crippen molar-refractivity contribution in [2.45, 2.75) is 31.5 Å². The van der Waals surface area contributed by atoms with Gasteiger partial charge in [0.2, 0.25) is 0 Å². The summed E-state index contributed by atoms with van der Waals surface area (Å²) in [4.78, 5) is 12.0. The van der Waals surface area contributed by atoms with Crippen molar-refractivity contribution in [3.63, 3.8) is 0 Å². The number of rotatable bonds is 5. The molecule has 1 aliphatic carbocycles. The summed E-state index contributed by atoms with van der Waals surface area (Å²) in [6, 6.07) is 2.84. The normalized spacial score (nSPS) is 22.1. The van der Waals surface area contributed by atoms with Gasteiger partial charge in [0, 0.05) is 5.82 Å². The van der Waals surface area contributed by atoms with Gasteiger partial charge in [-0.1, -0.05) is 13.0 Å². The molecule has 1 aliphatic heterocycles. The standard InChI is InChI=1S/C14H16BFO5/c1-2-5-19-7-20-14(17)12-11(16)4-3-8-9-6-10(9)15(18)21-13(8)12/h3-4,9-10,18H,2,5-7H2,1H3. The Bertz CT molecular complexity index is 565. The Balaban J connectivity index is 1.81. The van der Waals surface area contributed by atoms with Crippen LogP contribution in [0.15, 0.2) is 12.1 Å². The van der Waals surface area contributed by atoms with E-state index in [9.17, 15) is 14.2 Å². The van der Waals surface area contributed by atoms with Gasteiger partial charge in [-0.05, 0) is 30.4 Å². The molecule has 2 unspecified atom stereocenters. The fourth-order valence-electron chi connectivity index (χ4n) is 2.65. The minimum absolute atomic E-state index is 0.0414. The van der Waals surface area contributed by atoms with Gasteiger partial charge in [0.15, 0.2) is 6.79 Å². The first-order valence-corrected chi connectivity index (χ1v) is 7.05. The van der Waals surface area contributed by atoms with E-state index in [1.54, 1.807) is 6.07 Å². The Morgan fingerprint density at radius 1 is 1.57 bits per heavy atom. The molecule has 2 atom stereocenters. The topological polar surface area (TPSA) is 65.0 Å². The van der Waals surface area contributed by atoms with Crippen LogP contribution in [0.25, 0.3) is 0 Å². The van der Waals surface area contributed by atoms with Gasteiger partial charge < -0.3 is 19.2 Å². The van der Waals surface area contributed by atoms with Crippen LogP contribution >= 0.6 is 0 Å². The van der Waals surface area contributed by atoms with Gasteiger partial charge in [0.1, 0.15) is 17.1 Å². The molecular formula is C14H16BFO5. The van der Waals surface area contributed by atoms with Crippen LogP contribution in [0.4, 0.5) is 4.39 Å². The number of esters is 1. The monoisotopic (exact) mass is 294 g/mol. The molecule has 21 heavy (non-hydrogen) atoms. The summed E-state index contributed by atoms with van der Waals surface area (Å²) in [6.07, 6.45) is 1.58. The largest absolute Gasteiger partial charge is 0.535 e. The van der Waals surface area contributed by atoms with E-state index in [2.05, 4.69) is 0 Å². The number of benzene rings is 1. The predicted octanol–water partition coefficient (Wildman–Crippen LogP) is 2.10. The van der Waals surface area contributed by atoms with Gasteiger partial charge >= 0.3 is 13.1 Å². The second-order valence-corrected chi connectivity index (χ2v) is 5.31. The summed E-state index contributed by atoms with van der Waals surface area (Å²) in [5.74, 6) is -1.29. The highest BCUT2D eigenvalue weighted by molar-refractivity contribution is 6.48. The molecule has 7 heteroatoms. The maximum Gasteiger partial charge on any atom is 0.526 e. The van der Waals surface area contributed by atoms with Crippen LogP contribution in [-0.4, -0.2) is 31.5 Å². The highest BCUT2D eigenvalue weighted by Gasteiger charge is 2.54. The summed E-state index contributed by atoms with van der Waals surface area (Å²) in [6.45, 7) is 2.16. The molecule has 0 aromatic heterocycles. The summed E-state index contributed by atoms with van der Waals surface area (Å²) < 4.78 is 29.2. The zero-order valence-corrected chi connectivity index (χ0v) is 11.7. The van der Waals surface area contributed by atoms with Crippen molar-refractivity contribution >= 4 is 13.1 Å². The summed E-state index contributed by atoms with van der Waals surface area (Å²) in [7, 11) is -0.993. The van der Waals surface area contributed by atoms with E-state index in [-0.39, 0.29) is 29.8 Å². The smallest absolute Gasteiger partial charge is 0.526 e. The lowest BCUT2D eigenvalue weighted by Crippen LogP contribution is -2.28. The zero-order chi connectivity index (χ0) is 15.0. The van der Waals surface area contributed by atoms with E-state index in [1.165, 1.54) is 6.07 Å². The maximum atomic E-state index is 14.0. The van der Waals surface area contributed by atoms with E-state index in [4.69, 9.17) is 14.1 Å². The Morgan fingerprint density at radius 2 is 2.38 bits per heavy atom.